The van der Waals surface area contributed by atoms with Crippen LogP contribution in [0.1, 0.15) is 21.5 Å². The first kappa shape index (κ1) is 29.8. The topological polar surface area (TPSA) is 128 Å². The van der Waals surface area contributed by atoms with E-state index in [-0.39, 0.29) is 25.0 Å². The lowest BCUT2D eigenvalue weighted by atomic mass is 9.97. The number of fused-ring (bicyclic) bond motifs is 7. The molecule has 0 unspecified atom stereocenters. The number of anilines is 1. The molecular weight excluding hydrogens is 598 g/mol. The van der Waals surface area contributed by atoms with Gasteiger partial charge in [0.2, 0.25) is 5.82 Å². The summed E-state index contributed by atoms with van der Waals surface area (Å²) in [6, 6.07) is 28.0. The van der Waals surface area contributed by atoms with Crippen LogP contribution >= 0.6 is 0 Å². The SMILES string of the molecule is COc1cc2ccc1O[C@H]1CN(c3nc(-c4ccccc4)no3)C[C@@H]1NC(=O)c1ccc(C)c(c1)-c1cccc(c1)OCC(=O)NC2. The standard InChI is InChI=1S/C36H33N5O6/c1-22-11-13-26-17-28(22)25-9-6-10-27(16-25)45-21-33(42)37-18-23-12-14-30(31(15-23)44-2)46-32-20-41(19-29(32)38-35(26)43)36-39-34(40-47-36)24-7-4-3-5-8-24/h3-17,29,32H,18-21H2,1-2H3,(H,37,42)(H,38,43)/t29-,32-/m0/s1. The number of carbonyl (C=O) groups is 2. The van der Waals surface area contributed by atoms with E-state index in [1.165, 1.54) is 0 Å². The zero-order valence-electron chi connectivity index (χ0n) is 25.9. The van der Waals surface area contributed by atoms with Gasteiger partial charge in [-0.05, 0) is 65.6 Å². The van der Waals surface area contributed by atoms with E-state index in [9.17, 15) is 9.59 Å². The van der Waals surface area contributed by atoms with Gasteiger partial charge in [0.25, 0.3) is 11.8 Å². The number of hydrogen-bond donors (Lipinski definition) is 2. The van der Waals surface area contributed by atoms with Gasteiger partial charge in [-0.2, -0.15) is 4.98 Å². The third-order valence-corrected chi connectivity index (χ3v) is 8.31. The molecule has 0 spiro atoms. The van der Waals surface area contributed by atoms with E-state index in [1.807, 2.05) is 84.6 Å². The minimum Gasteiger partial charge on any atom is -0.493 e. The molecule has 2 atom stereocenters. The molecule has 2 N–H and O–H groups in total. The molecule has 11 heteroatoms. The fourth-order valence-electron chi connectivity index (χ4n) is 5.80. The molecule has 0 aliphatic carbocycles. The summed E-state index contributed by atoms with van der Waals surface area (Å²) in [5.74, 6) is 1.51. The Morgan fingerprint density at radius 3 is 2.60 bits per heavy atom. The van der Waals surface area contributed by atoms with Crippen LogP contribution in [0.15, 0.2) is 95.5 Å². The monoisotopic (exact) mass is 631 g/mol. The highest BCUT2D eigenvalue weighted by Crippen LogP contribution is 2.33. The van der Waals surface area contributed by atoms with Crippen molar-refractivity contribution in [1.29, 1.82) is 0 Å². The number of nitrogens with zero attached hydrogens (tertiary/aromatic N) is 3. The molecule has 11 nitrogen and oxygen atoms in total. The van der Waals surface area contributed by atoms with Crippen molar-refractivity contribution in [2.24, 2.45) is 0 Å². The van der Waals surface area contributed by atoms with Gasteiger partial charge in [-0.3, -0.25) is 9.59 Å². The largest absolute Gasteiger partial charge is 0.493 e. The fourth-order valence-corrected chi connectivity index (χ4v) is 5.80. The molecule has 47 heavy (non-hydrogen) atoms. The molecule has 1 aromatic heterocycles. The normalized spacial score (nSPS) is 18.0. The van der Waals surface area contributed by atoms with E-state index in [0.717, 1.165) is 27.8 Å². The Morgan fingerprint density at radius 1 is 0.894 bits per heavy atom. The van der Waals surface area contributed by atoms with Gasteiger partial charge < -0.3 is 34.3 Å². The Kier molecular flexibility index (Phi) is 8.18. The number of amides is 2. The van der Waals surface area contributed by atoms with Gasteiger partial charge >= 0.3 is 6.01 Å². The predicted octanol–water partition coefficient (Wildman–Crippen LogP) is 4.80. The molecular formula is C36H33N5O6. The van der Waals surface area contributed by atoms with Gasteiger partial charge in [-0.15, -0.1) is 0 Å². The summed E-state index contributed by atoms with van der Waals surface area (Å²) >= 11 is 0. The highest BCUT2D eigenvalue weighted by molar-refractivity contribution is 5.96. The second kappa shape index (κ2) is 12.9. The molecule has 2 amide bonds. The lowest BCUT2D eigenvalue weighted by Gasteiger charge is -2.23. The average molecular weight is 632 g/mol. The Hall–Kier alpha value is -5.84. The molecule has 1 saturated heterocycles. The van der Waals surface area contributed by atoms with Crippen LogP contribution in [-0.4, -0.2) is 60.9 Å². The summed E-state index contributed by atoms with van der Waals surface area (Å²) in [7, 11) is 1.56. The second-order valence-electron chi connectivity index (χ2n) is 11.5. The molecule has 1 fully saturated rings. The first-order valence-electron chi connectivity index (χ1n) is 15.3. The Labute approximate surface area is 271 Å². The minimum absolute atomic E-state index is 0.143. The number of carbonyl (C=O) groups excluding carboxylic acids is 2. The molecule has 6 bridgehead atoms. The van der Waals surface area contributed by atoms with Crippen LogP contribution in [0.5, 0.6) is 17.2 Å². The van der Waals surface area contributed by atoms with Crippen LogP contribution in [0.25, 0.3) is 22.5 Å². The van der Waals surface area contributed by atoms with Crippen molar-refractivity contribution in [2.75, 3.05) is 31.7 Å². The van der Waals surface area contributed by atoms with E-state index < -0.39 is 12.1 Å². The molecule has 3 aliphatic rings. The van der Waals surface area contributed by atoms with Gasteiger partial charge in [-0.1, -0.05) is 59.8 Å². The van der Waals surface area contributed by atoms with Crippen LogP contribution in [-0.2, 0) is 11.3 Å². The van der Waals surface area contributed by atoms with Gasteiger partial charge in [0.1, 0.15) is 11.9 Å². The van der Waals surface area contributed by atoms with Crippen molar-refractivity contribution < 1.29 is 28.3 Å². The third-order valence-electron chi connectivity index (χ3n) is 8.31. The fraction of sp³-hybridized carbons (Fsp3) is 0.222. The zero-order valence-corrected chi connectivity index (χ0v) is 25.9. The van der Waals surface area contributed by atoms with Crippen molar-refractivity contribution in [1.82, 2.24) is 20.8 Å². The second-order valence-corrected chi connectivity index (χ2v) is 11.5. The first-order valence-corrected chi connectivity index (χ1v) is 15.3. The van der Waals surface area contributed by atoms with E-state index in [4.69, 9.17) is 18.7 Å². The van der Waals surface area contributed by atoms with Crippen molar-refractivity contribution in [3.63, 3.8) is 0 Å². The van der Waals surface area contributed by atoms with E-state index in [0.29, 0.717) is 47.7 Å². The van der Waals surface area contributed by atoms with Crippen molar-refractivity contribution in [2.45, 2.75) is 25.6 Å². The number of methoxy groups -OCH3 is 1. The molecule has 5 aromatic rings. The summed E-state index contributed by atoms with van der Waals surface area (Å²) in [6.45, 7) is 2.87. The van der Waals surface area contributed by atoms with Crippen LogP contribution in [0, 0.1) is 6.92 Å². The summed E-state index contributed by atoms with van der Waals surface area (Å²) in [4.78, 5) is 33.0. The number of rotatable bonds is 3. The molecule has 4 heterocycles. The first-order chi connectivity index (χ1) is 22.9. The van der Waals surface area contributed by atoms with Gasteiger partial charge in [0.15, 0.2) is 18.1 Å². The smallest absolute Gasteiger partial charge is 0.324 e. The average Bonchev–Trinajstić information content (AvgIpc) is 3.75. The maximum absolute atomic E-state index is 13.8. The predicted molar refractivity (Wildman–Crippen MR) is 175 cm³/mol. The van der Waals surface area contributed by atoms with Crippen LogP contribution in [0.2, 0.25) is 0 Å². The number of ether oxygens (including phenoxy) is 3. The summed E-state index contributed by atoms with van der Waals surface area (Å²) in [6.07, 6.45) is -0.491. The lowest BCUT2D eigenvalue weighted by molar-refractivity contribution is -0.123. The van der Waals surface area contributed by atoms with E-state index >= 15 is 0 Å². The highest BCUT2D eigenvalue weighted by atomic mass is 16.5. The molecule has 238 valence electrons. The lowest BCUT2D eigenvalue weighted by Crippen LogP contribution is -2.45. The van der Waals surface area contributed by atoms with Crippen LogP contribution < -0.4 is 29.7 Å². The number of nitrogens with one attached hydrogen (secondary N) is 2. The van der Waals surface area contributed by atoms with Crippen molar-refractivity contribution in [3.8, 4) is 39.8 Å². The molecule has 8 rings (SSSR count). The Bertz CT molecular complexity index is 1930. The molecule has 0 saturated carbocycles. The number of aromatic nitrogens is 2. The molecule has 4 aromatic carbocycles. The number of aryl methyl sites for hydroxylation is 1. The quantitative estimate of drug-likeness (QED) is 0.289. The molecule has 0 radical (unpaired) electrons. The summed E-state index contributed by atoms with van der Waals surface area (Å²) < 4.78 is 23.7. The zero-order chi connectivity index (χ0) is 32.3. The van der Waals surface area contributed by atoms with Gasteiger partial charge in [0, 0.05) is 24.2 Å². The van der Waals surface area contributed by atoms with Crippen LogP contribution in [0.3, 0.4) is 0 Å². The Balaban J connectivity index is 1.23. The van der Waals surface area contributed by atoms with E-state index in [1.54, 1.807) is 25.3 Å². The third kappa shape index (κ3) is 6.46. The van der Waals surface area contributed by atoms with Crippen molar-refractivity contribution in [3.05, 3.63) is 108 Å². The van der Waals surface area contributed by atoms with Gasteiger partial charge in [-0.25, -0.2) is 0 Å². The van der Waals surface area contributed by atoms with Crippen molar-refractivity contribution >= 4 is 17.8 Å². The highest BCUT2D eigenvalue weighted by Gasteiger charge is 2.38. The Morgan fingerprint density at radius 2 is 1.74 bits per heavy atom. The molecule has 3 aliphatic heterocycles. The summed E-state index contributed by atoms with van der Waals surface area (Å²) in [5, 5.41) is 10.3. The maximum Gasteiger partial charge on any atom is 0.324 e. The van der Waals surface area contributed by atoms with E-state index in [2.05, 4.69) is 20.8 Å². The van der Waals surface area contributed by atoms with Gasteiger partial charge in [0.05, 0.1) is 19.7 Å². The summed E-state index contributed by atoms with van der Waals surface area (Å²) in [5.41, 5.74) is 4.90. The maximum atomic E-state index is 13.8. The number of benzene rings is 4. The number of hydrogen-bond acceptors (Lipinski definition) is 9. The minimum atomic E-state index is -0.491. The van der Waals surface area contributed by atoms with Crippen LogP contribution in [0.4, 0.5) is 6.01 Å².